The summed E-state index contributed by atoms with van der Waals surface area (Å²) in [6.07, 6.45) is 3.67. The number of anilines is 2. The number of benzene rings is 2. The number of urea groups is 1. The summed E-state index contributed by atoms with van der Waals surface area (Å²) in [5, 5.41) is 6.98. The molecule has 1 aliphatic rings. The Morgan fingerprint density at radius 3 is 2.55 bits per heavy atom. The topological polar surface area (TPSA) is 106 Å². The number of nitrogens with two attached hydrogens (primary N) is 1. The van der Waals surface area contributed by atoms with E-state index in [9.17, 15) is 4.79 Å². The lowest BCUT2D eigenvalue weighted by Gasteiger charge is -2.15. The number of carbonyl (C=O) groups is 1. The fourth-order valence-electron chi connectivity index (χ4n) is 3.38. The van der Waals surface area contributed by atoms with Gasteiger partial charge in [-0.2, -0.15) is 0 Å². The smallest absolute Gasteiger partial charge is 0.320 e. The Labute approximate surface area is 183 Å². The number of carbonyl (C=O) groups excluding carboxylic acids is 1. The van der Waals surface area contributed by atoms with Gasteiger partial charge < -0.3 is 11.1 Å². The Morgan fingerprint density at radius 2 is 1.77 bits per heavy atom. The van der Waals surface area contributed by atoms with E-state index in [2.05, 4.69) is 20.6 Å². The van der Waals surface area contributed by atoms with Crippen LogP contribution >= 0.6 is 11.6 Å². The van der Waals surface area contributed by atoms with Gasteiger partial charge in [0.15, 0.2) is 11.6 Å². The number of hydrogen-bond acceptors (Lipinski definition) is 5. The monoisotopic (exact) mass is 430 g/mol. The van der Waals surface area contributed by atoms with Crippen molar-refractivity contribution in [1.82, 2.24) is 20.3 Å². The van der Waals surface area contributed by atoms with E-state index in [-0.39, 0.29) is 23.7 Å². The highest BCUT2D eigenvalue weighted by molar-refractivity contribution is 6.35. The van der Waals surface area contributed by atoms with Gasteiger partial charge in [0.2, 0.25) is 0 Å². The van der Waals surface area contributed by atoms with Gasteiger partial charge in [-0.3, -0.25) is 10.3 Å². The number of nitrogens with one attached hydrogen (secondary N) is 2. The highest BCUT2D eigenvalue weighted by Gasteiger charge is 2.24. The zero-order valence-electron chi connectivity index (χ0n) is 16.5. The third-order valence-corrected chi connectivity index (χ3v) is 5.33. The van der Waals surface area contributed by atoms with E-state index in [4.69, 9.17) is 22.3 Å². The van der Waals surface area contributed by atoms with Crippen molar-refractivity contribution in [2.45, 2.75) is 18.9 Å². The van der Waals surface area contributed by atoms with Gasteiger partial charge in [-0.25, -0.2) is 14.8 Å². The Morgan fingerprint density at radius 1 is 1.00 bits per heavy atom. The molecule has 0 bridgehead atoms. The van der Waals surface area contributed by atoms with Gasteiger partial charge in [-0.05, 0) is 31.0 Å². The minimum absolute atomic E-state index is 0.141. The summed E-state index contributed by atoms with van der Waals surface area (Å²) >= 11 is 6.51. The predicted octanol–water partition coefficient (Wildman–Crippen LogP) is 4.88. The number of pyridine rings is 1. The lowest BCUT2D eigenvalue weighted by atomic mass is 10.0. The molecule has 0 unspecified atom stereocenters. The molecule has 5 rings (SSSR count). The van der Waals surface area contributed by atoms with Crippen LogP contribution in [0.1, 0.15) is 12.8 Å². The summed E-state index contributed by atoms with van der Waals surface area (Å²) < 4.78 is 0. The second-order valence-corrected chi connectivity index (χ2v) is 7.83. The van der Waals surface area contributed by atoms with Crippen molar-refractivity contribution in [2.24, 2.45) is 0 Å². The molecule has 2 aromatic heterocycles. The third-order valence-electron chi connectivity index (χ3n) is 5.05. The molecule has 2 amide bonds. The van der Waals surface area contributed by atoms with Crippen LogP contribution in [0.25, 0.3) is 33.4 Å². The number of amides is 2. The summed E-state index contributed by atoms with van der Waals surface area (Å²) in [6, 6.07) is 17.0. The van der Waals surface area contributed by atoms with Crippen LogP contribution < -0.4 is 16.4 Å². The number of rotatable bonds is 4. The molecule has 0 saturated heterocycles. The molecule has 0 spiro atoms. The van der Waals surface area contributed by atoms with E-state index >= 15 is 0 Å². The Bertz CT molecular complexity index is 1290. The Hall–Kier alpha value is -3.71. The average molecular weight is 431 g/mol. The molecule has 0 atom stereocenters. The molecular weight excluding hydrogens is 412 g/mol. The van der Waals surface area contributed by atoms with Crippen molar-refractivity contribution in [1.29, 1.82) is 0 Å². The average Bonchev–Trinajstić information content (AvgIpc) is 3.59. The molecule has 1 fully saturated rings. The maximum atomic E-state index is 12.3. The first-order chi connectivity index (χ1) is 15.1. The molecule has 4 N–H and O–H groups in total. The summed E-state index contributed by atoms with van der Waals surface area (Å²) in [6.45, 7) is 0. The number of halogens is 1. The first-order valence-corrected chi connectivity index (χ1v) is 10.3. The molecule has 2 heterocycles. The molecular formula is C23H19ClN6O. The van der Waals surface area contributed by atoms with Gasteiger partial charge >= 0.3 is 6.03 Å². The summed E-state index contributed by atoms with van der Waals surface area (Å²) in [7, 11) is 0. The standard InChI is InChI=1S/C23H19ClN6O/c24-17-12-15(11-14-7-4-10-26-18(14)17)20-19(13-5-2-1-3-6-13)28-21(25)22(29-20)30-23(31)27-16-8-9-16/h1-7,10-12,16H,8-9H2,(H2,25,28)(H2,27,29,30,31). The minimum Gasteiger partial charge on any atom is -0.381 e. The van der Waals surface area contributed by atoms with Crippen LogP contribution in [-0.2, 0) is 0 Å². The molecule has 154 valence electrons. The summed E-state index contributed by atoms with van der Waals surface area (Å²) in [5.41, 5.74) is 9.65. The number of aromatic nitrogens is 3. The van der Waals surface area contributed by atoms with Gasteiger partial charge in [0.05, 0.1) is 21.9 Å². The van der Waals surface area contributed by atoms with E-state index < -0.39 is 0 Å². The second-order valence-electron chi connectivity index (χ2n) is 7.43. The van der Waals surface area contributed by atoms with Gasteiger partial charge in [0.1, 0.15) is 0 Å². The predicted molar refractivity (Wildman–Crippen MR) is 123 cm³/mol. The highest BCUT2D eigenvalue weighted by atomic mass is 35.5. The number of nitrogens with zero attached hydrogens (tertiary/aromatic N) is 3. The van der Waals surface area contributed by atoms with Crippen molar-refractivity contribution in [3.05, 3.63) is 65.8 Å². The van der Waals surface area contributed by atoms with Crippen molar-refractivity contribution < 1.29 is 4.79 Å². The zero-order valence-corrected chi connectivity index (χ0v) is 17.2. The maximum Gasteiger partial charge on any atom is 0.320 e. The van der Waals surface area contributed by atoms with Gasteiger partial charge in [0, 0.05) is 28.8 Å². The SMILES string of the molecule is Nc1nc(-c2ccccc2)c(-c2cc(Cl)c3ncccc3c2)nc1NC(=O)NC1CC1. The van der Waals surface area contributed by atoms with Gasteiger partial charge in [-0.15, -0.1) is 0 Å². The minimum atomic E-state index is -0.345. The third kappa shape index (κ3) is 4.00. The lowest BCUT2D eigenvalue weighted by molar-refractivity contribution is 0.251. The number of nitrogen functional groups attached to an aromatic ring is 1. The number of fused-ring (bicyclic) bond motifs is 1. The zero-order chi connectivity index (χ0) is 21.4. The molecule has 2 aromatic carbocycles. The number of hydrogen-bond donors (Lipinski definition) is 3. The van der Waals surface area contributed by atoms with Gasteiger partial charge in [-0.1, -0.05) is 48.0 Å². The first kappa shape index (κ1) is 19.3. The van der Waals surface area contributed by atoms with Gasteiger partial charge in [0.25, 0.3) is 0 Å². The Balaban J connectivity index is 1.65. The Kier molecular flexibility index (Phi) is 4.88. The van der Waals surface area contributed by atoms with Crippen LogP contribution in [-0.4, -0.2) is 27.0 Å². The largest absolute Gasteiger partial charge is 0.381 e. The van der Waals surface area contributed by atoms with Crippen molar-refractivity contribution in [3.8, 4) is 22.5 Å². The van der Waals surface area contributed by atoms with Crippen LogP contribution in [0.3, 0.4) is 0 Å². The highest BCUT2D eigenvalue weighted by Crippen LogP contribution is 2.35. The first-order valence-electron chi connectivity index (χ1n) is 9.93. The van der Waals surface area contributed by atoms with E-state index in [1.165, 1.54) is 0 Å². The van der Waals surface area contributed by atoms with Crippen molar-refractivity contribution in [3.63, 3.8) is 0 Å². The molecule has 31 heavy (non-hydrogen) atoms. The fourth-order valence-corrected chi connectivity index (χ4v) is 3.66. The quantitative estimate of drug-likeness (QED) is 0.428. The van der Waals surface area contributed by atoms with E-state index in [0.29, 0.717) is 21.9 Å². The molecule has 4 aromatic rings. The van der Waals surface area contributed by atoms with Crippen LogP contribution in [0, 0.1) is 0 Å². The van der Waals surface area contributed by atoms with Crippen LogP contribution in [0.15, 0.2) is 60.8 Å². The second kappa shape index (κ2) is 7.85. The van der Waals surface area contributed by atoms with E-state index in [0.717, 1.165) is 29.4 Å². The molecule has 1 saturated carbocycles. The van der Waals surface area contributed by atoms with E-state index in [1.807, 2.05) is 48.5 Å². The van der Waals surface area contributed by atoms with Crippen LogP contribution in [0.4, 0.5) is 16.4 Å². The molecule has 0 radical (unpaired) electrons. The van der Waals surface area contributed by atoms with Crippen molar-refractivity contribution in [2.75, 3.05) is 11.1 Å². The fraction of sp³-hybridized carbons (Fsp3) is 0.130. The summed E-state index contributed by atoms with van der Waals surface area (Å²) in [4.78, 5) is 25.9. The lowest BCUT2D eigenvalue weighted by Crippen LogP contribution is -2.31. The van der Waals surface area contributed by atoms with E-state index in [1.54, 1.807) is 12.3 Å². The molecule has 7 nitrogen and oxygen atoms in total. The van der Waals surface area contributed by atoms with Crippen LogP contribution in [0.5, 0.6) is 0 Å². The summed E-state index contributed by atoms with van der Waals surface area (Å²) in [5.74, 6) is 0.345. The van der Waals surface area contributed by atoms with Crippen LogP contribution in [0.2, 0.25) is 5.02 Å². The molecule has 0 aliphatic heterocycles. The molecule has 1 aliphatic carbocycles. The molecule has 8 heteroatoms. The maximum absolute atomic E-state index is 12.3. The van der Waals surface area contributed by atoms with Crippen molar-refractivity contribution >= 4 is 40.2 Å². The normalized spacial score (nSPS) is 13.2.